The van der Waals surface area contributed by atoms with Gasteiger partial charge in [-0.05, 0) is 0 Å². The number of pyridine rings is 1. The van der Waals surface area contributed by atoms with Crippen LogP contribution in [0.3, 0.4) is 0 Å². The first kappa shape index (κ1) is 16.9. The molecule has 0 aromatic carbocycles. The van der Waals surface area contributed by atoms with E-state index in [1.165, 1.54) is 7.05 Å². The Hall–Kier alpha value is -3.44. The number of aromatic nitrogens is 3. The van der Waals surface area contributed by atoms with Gasteiger partial charge in [-0.3, -0.25) is 33.6 Å². The molecule has 0 amide bonds. The van der Waals surface area contributed by atoms with Crippen LogP contribution in [-0.2, 0) is 18.9 Å². The lowest BCUT2D eigenvalue weighted by molar-refractivity contribution is -0.385. The van der Waals surface area contributed by atoms with Crippen molar-refractivity contribution in [2.75, 3.05) is 11.9 Å². The van der Waals surface area contributed by atoms with E-state index in [0.717, 1.165) is 11.6 Å². The zero-order valence-corrected chi connectivity index (χ0v) is 12.7. The molecule has 12 heteroatoms. The summed E-state index contributed by atoms with van der Waals surface area (Å²) in [6.07, 6.45) is -0.354. The van der Waals surface area contributed by atoms with Crippen molar-refractivity contribution in [2.45, 2.75) is 6.42 Å². The zero-order chi connectivity index (χ0) is 18.2. The second-order valence-electron chi connectivity index (χ2n) is 4.93. The average Bonchev–Trinajstić information content (AvgIpc) is 2.49. The van der Waals surface area contributed by atoms with Gasteiger partial charge in [-0.15, -0.1) is 0 Å². The number of aryl methyl sites for hydroxylation is 1. The summed E-state index contributed by atoms with van der Waals surface area (Å²) in [5.74, 6) is -1.52. The summed E-state index contributed by atoms with van der Waals surface area (Å²) in [6, 6.07) is 0. The Morgan fingerprint density at radius 1 is 1.29 bits per heavy atom. The van der Waals surface area contributed by atoms with Gasteiger partial charge in [0.1, 0.15) is 11.0 Å². The summed E-state index contributed by atoms with van der Waals surface area (Å²) in [5.41, 5.74) is -3.98. The maximum Gasteiger partial charge on any atom is 0.357 e. The molecule has 24 heavy (non-hydrogen) atoms. The van der Waals surface area contributed by atoms with Crippen molar-refractivity contribution in [3.05, 3.63) is 41.2 Å². The first-order valence-electron chi connectivity index (χ1n) is 6.62. The fourth-order valence-corrected chi connectivity index (χ4v) is 2.20. The van der Waals surface area contributed by atoms with Crippen LogP contribution in [0.2, 0.25) is 0 Å². The minimum atomic E-state index is -1.16. The minimum Gasteiger partial charge on any atom is -0.481 e. The van der Waals surface area contributed by atoms with Crippen LogP contribution in [-0.4, -0.2) is 36.7 Å². The van der Waals surface area contributed by atoms with Crippen LogP contribution in [0.4, 0.5) is 11.5 Å². The molecule has 0 fully saturated rings. The molecule has 0 saturated heterocycles. The molecule has 2 aromatic heterocycles. The lowest BCUT2D eigenvalue weighted by Crippen LogP contribution is -2.39. The quantitative estimate of drug-likeness (QED) is 0.447. The Bertz CT molecular complexity index is 1030. The number of nitrogens with one attached hydrogen (secondary N) is 2. The molecule has 0 saturated carbocycles. The van der Waals surface area contributed by atoms with Gasteiger partial charge in [-0.25, -0.2) is 4.79 Å². The summed E-state index contributed by atoms with van der Waals surface area (Å²) in [4.78, 5) is 59.6. The number of nitrogens with zero attached hydrogens (tertiary/aromatic N) is 3. The fraction of sp³-hybridized carbons (Fsp3) is 0.333. The van der Waals surface area contributed by atoms with E-state index in [1.54, 1.807) is 0 Å². The van der Waals surface area contributed by atoms with Crippen LogP contribution >= 0.6 is 0 Å². The molecule has 2 heterocycles. The number of nitro groups is 1. The van der Waals surface area contributed by atoms with E-state index in [9.17, 15) is 29.3 Å². The van der Waals surface area contributed by atoms with E-state index in [1.807, 2.05) is 0 Å². The average molecular weight is 339 g/mol. The van der Waals surface area contributed by atoms with Crippen molar-refractivity contribution in [1.82, 2.24) is 14.1 Å². The van der Waals surface area contributed by atoms with Gasteiger partial charge >= 0.3 is 17.3 Å². The number of carboxylic acids is 1. The SMILES string of the molecule is Cn1c(=O)c2c(=O)c([N+](=O)[O-])c(NCCC(=O)O)[nH]c2n(C)c1=O. The number of aliphatic carboxylic acids is 1. The number of rotatable bonds is 5. The number of anilines is 1. The normalized spacial score (nSPS) is 10.8. The van der Waals surface area contributed by atoms with Crippen LogP contribution in [0.5, 0.6) is 0 Å². The highest BCUT2D eigenvalue weighted by Gasteiger charge is 2.26. The molecule has 3 N–H and O–H groups in total. The Balaban J connectivity index is 2.85. The zero-order valence-electron chi connectivity index (χ0n) is 12.7. The molecule has 0 spiro atoms. The molecule has 12 nitrogen and oxygen atoms in total. The molecule has 128 valence electrons. The lowest BCUT2D eigenvalue weighted by Gasteiger charge is -2.10. The number of hydrogen-bond acceptors (Lipinski definition) is 7. The van der Waals surface area contributed by atoms with E-state index in [4.69, 9.17) is 5.11 Å². The van der Waals surface area contributed by atoms with Crippen LogP contribution in [0.1, 0.15) is 6.42 Å². The van der Waals surface area contributed by atoms with Crippen molar-refractivity contribution >= 4 is 28.5 Å². The smallest absolute Gasteiger partial charge is 0.357 e. The van der Waals surface area contributed by atoms with Crippen molar-refractivity contribution in [3.8, 4) is 0 Å². The Labute approximate surface area is 132 Å². The van der Waals surface area contributed by atoms with Gasteiger partial charge in [0.2, 0.25) is 0 Å². The van der Waals surface area contributed by atoms with Crippen molar-refractivity contribution in [2.24, 2.45) is 14.1 Å². The first-order valence-corrected chi connectivity index (χ1v) is 6.62. The van der Waals surface area contributed by atoms with Gasteiger partial charge in [-0.1, -0.05) is 0 Å². The molecule has 0 bridgehead atoms. The summed E-state index contributed by atoms with van der Waals surface area (Å²) in [6.45, 7) is -0.198. The highest BCUT2D eigenvalue weighted by Crippen LogP contribution is 2.19. The molecule has 2 aromatic rings. The Morgan fingerprint density at radius 2 is 1.92 bits per heavy atom. The summed E-state index contributed by atoms with van der Waals surface area (Å²) < 4.78 is 1.63. The van der Waals surface area contributed by atoms with E-state index >= 15 is 0 Å². The molecule has 0 aliphatic rings. The third kappa shape index (κ3) is 2.64. The number of H-pyrrole nitrogens is 1. The van der Waals surface area contributed by atoms with Gasteiger partial charge in [0.15, 0.2) is 5.82 Å². The summed E-state index contributed by atoms with van der Waals surface area (Å²) in [7, 11) is 2.43. The number of carboxylic acid groups (broad SMARTS) is 1. The molecule has 2 rings (SSSR count). The van der Waals surface area contributed by atoms with E-state index in [0.29, 0.717) is 4.57 Å². The summed E-state index contributed by atoms with van der Waals surface area (Å²) >= 11 is 0. The predicted octanol–water partition coefficient (Wildman–Crippen LogP) is -1.28. The highest BCUT2D eigenvalue weighted by atomic mass is 16.6. The van der Waals surface area contributed by atoms with Crippen molar-refractivity contribution in [1.29, 1.82) is 0 Å². The minimum absolute atomic E-state index is 0.198. The molecular weight excluding hydrogens is 326 g/mol. The first-order chi connectivity index (χ1) is 11.2. The van der Waals surface area contributed by atoms with Crippen LogP contribution in [0, 0.1) is 10.1 Å². The van der Waals surface area contributed by atoms with Gasteiger partial charge in [0.25, 0.3) is 11.0 Å². The van der Waals surface area contributed by atoms with Crippen LogP contribution in [0.15, 0.2) is 14.4 Å². The van der Waals surface area contributed by atoms with E-state index in [-0.39, 0.29) is 24.4 Å². The van der Waals surface area contributed by atoms with E-state index in [2.05, 4.69) is 10.3 Å². The maximum atomic E-state index is 12.4. The Kier molecular flexibility index (Phi) is 4.22. The topological polar surface area (TPSA) is 169 Å². The Morgan fingerprint density at radius 3 is 2.46 bits per heavy atom. The molecule has 0 atom stereocenters. The molecule has 0 radical (unpaired) electrons. The number of carbonyl (C=O) groups is 1. The largest absolute Gasteiger partial charge is 0.481 e. The van der Waals surface area contributed by atoms with Gasteiger partial charge in [0, 0.05) is 20.6 Å². The second-order valence-corrected chi connectivity index (χ2v) is 4.93. The molecule has 0 aliphatic carbocycles. The summed E-state index contributed by atoms with van der Waals surface area (Å²) in [5, 5.41) is 21.7. The fourth-order valence-electron chi connectivity index (χ4n) is 2.20. The second kappa shape index (κ2) is 5.98. The van der Waals surface area contributed by atoms with Crippen LogP contribution in [0.25, 0.3) is 11.0 Å². The molecular formula is C12H13N5O7. The number of hydrogen-bond donors (Lipinski definition) is 3. The lowest BCUT2D eigenvalue weighted by atomic mass is 10.2. The van der Waals surface area contributed by atoms with Gasteiger partial charge in [-0.2, -0.15) is 0 Å². The van der Waals surface area contributed by atoms with Crippen molar-refractivity contribution < 1.29 is 14.8 Å². The molecule has 0 aliphatic heterocycles. The van der Waals surface area contributed by atoms with Gasteiger partial charge in [0.05, 0.1) is 11.3 Å². The van der Waals surface area contributed by atoms with E-state index < -0.39 is 38.6 Å². The number of fused-ring (bicyclic) bond motifs is 1. The third-order valence-corrected chi connectivity index (χ3v) is 3.41. The predicted molar refractivity (Wildman–Crippen MR) is 82.4 cm³/mol. The molecule has 0 unspecified atom stereocenters. The third-order valence-electron chi connectivity index (χ3n) is 3.41. The number of aromatic amines is 1. The van der Waals surface area contributed by atoms with Crippen LogP contribution < -0.4 is 22.0 Å². The monoisotopic (exact) mass is 339 g/mol. The maximum absolute atomic E-state index is 12.4. The van der Waals surface area contributed by atoms with Crippen molar-refractivity contribution in [3.63, 3.8) is 0 Å². The van der Waals surface area contributed by atoms with Gasteiger partial charge < -0.3 is 15.4 Å². The highest BCUT2D eigenvalue weighted by molar-refractivity contribution is 5.81. The standard InChI is InChI=1S/C12H13N5O7/c1-15-10-6(11(21)16(2)12(15)22)8(20)7(17(23)24)9(14-10)13-4-3-5(18)19/h3-4H2,1-2H3,(H,18,19)(H2,13,14,20).